The summed E-state index contributed by atoms with van der Waals surface area (Å²) in [5, 5.41) is 23.2. The topological polar surface area (TPSA) is 69.6 Å². The number of nitrogens with one attached hydrogen (secondary N) is 1. The summed E-state index contributed by atoms with van der Waals surface area (Å²) in [5.74, 6) is -0.0649. The van der Waals surface area contributed by atoms with Crippen molar-refractivity contribution >= 4 is 5.91 Å². The van der Waals surface area contributed by atoms with Gasteiger partial charge in [-0.05, 0) is 32.1 Å². The Morgan fingerprint density at radius 1 is 0.329 bits per heavy atom. The van der Waals surface area contributed by atoms with Gasteiger partial charge < -0.3 is 15.5 Å². The summed E-state index contributed by atoms with van der Waals surface area (Å²) in [7, 11) is 0. The highest BCUT2D eigenvalue weighted by Gasteiger charge is 2.18. The van der Waals surface area contributed by atoms with Crippen LogP contribution in [-0.2, 0) is 4.79 Å². The highest BCUT2D eigenvalue weighted by molar-refractivity contribution is 5.76. The molecule has 0 aromatic rings. The molecule has 0 saturated carbocycles. The lowest BCUT2D eigenvalue weighted by Gasteiger charge is -2.19. The fraction of sp³-hybridized carbons (Fsp3) is 0.924. The number of amides is 1. The number of unbranched alkanes of at least 4 members (excludes halogenated alkanes) is 52. The molecule has 4 heteroatoms. The monoisotopic (exact) mass is 984 g/mol. The number of aliphatic hydroxyl groups excluding tert-OH is 2. The van der Waals surface area contributed by atoms with Crippen molar-refractivity contribution in [3.8, 4) is 0 Å². The summed E-state index contributed by atoms with van der Waals surface area (Å²) in [6, 6.07) is -0.637. The van der Waals surface area contributed by atoms with Gasteiger partial charge >= 0.3 is 0 Å². The number of carbonyl (C=O) groups is 1. The summed E-state index contributed by atoms with van der Waals surface area (Å²) in [5.41, 5.74) is 0. The van der Waals surface area contributed by atoms with Gasteiger partial charge in [-0.15, -0.1) is 0 Å². The average Bonchev–Trinajstić information content (AvgIpc) is 3.36. The number of rotatable bonds is 61. The van der Waals surface area contributed by atoms with Gasteiger partial charge in [0, 0.05) is 6.42 Å². The highest BCUT2D eigenvalue weighted by Crippen LogP contribution is 2.19. The van der Waals surface area contributed by atoms with Crippen LogP contribution in [0.4, 0.5) is 0 Å². The molecule has 0 rings (SSSR count). The van der Waals surface area contributed by atoms with Gasteiger partial charge in [-0.3, -0.25) is 4.79 Å². The van der Waals surface area contributed by atoms with Gasteiger partial charge in [0.1, 0.15) is 0 Å². The summed E-state index contributed by atoms with van der Waals surface area (Å²) >= 11 is 0. The first-order chi connectivity index (χ1) is 34.7. The van der Waals surface area contributed by atoms with Crippen molar-refractivity contribution in [1.29, 1.82) is 0 Å². The van der Waals surface area contributed by atoms with Crippen LogP contribution in [0.15, 0.2) is 24.3 Å². The Balaban J connectivity index is 3.45. The Hall–Kier alpha value is -1.13. The van der Waals surface area contributed by atoms with Gasteiger partial charge in [0.05, 0.1) is 18.8 Å². The standard InChI is InChI=1S/C66H129NO3/c1-3-5-7-9-11-13-15-17-19-21-23-25-27-29-31-32-33-34-36-37-39-41-43-45-47-49-51-53-55-57-59-61-65(69)64(63-68)67-66(70)62-60-58-56-54-52-50-48-46-44-42-40-38-35-30-28-26-24-22-20-18-16-14-12-10-8-6-4-2/h51,53,59,61,64-65,68-69H,3-50,52,54-58,60,62-63H2,1-2H3,(H,67,70)/b53-51+,61-59+. The molecule has 70 heavy (non-hydrogen) atoms. The second kappa shape index (κ2) is 62.2. The molecule has 0 spiro atoms. The quantitative estimate of drug-likeness (QED) is 0.0420. The molecule has 0 aromatic heterocycles. The third-order valence-corrected chi connectivity index (χ3v) is 15.4. The van der Waals surface area contributed by atoms with Crippen LogP contribution in [0.3, 0.4) is 0 Å². The molecule has 0 aliphatic rings. The van der Waals surface area contributed by atoms with E-state index in [2.05, 4.69) is 31.3 Å². The van der Waals surface area contributed by atoms with Gasteiger partial charge in [-0.1, -0.05) is 359 Å². The Kier molecular flexibility index (Phi) is 61.2. The fourth-order valence-electron chi connectivity index (χ4n) is 10.5. The lowest BCUT2D eigenvalue weighted by molar-refractivity contribution is -0.123. The maximum absolute atomic E-state index is 12.5. The van der Waals surface area contributed by atoms with E-state index in [0.717, 1.165) is 32.1 Å². The maximum atomic E-state index is 12.5. The zero-order chi connectivity index (χ0) is 50.6. The van der Waals surface area contributed by atoms with Crippen molar-refractivity contribution in [1.82, 2.24) is 5.32 Å². The highest BCUT2D eigenvalue weighted by atomic mass is 16.3. The molecule has 1 amide bonds. The van der Waals surface area contributed by atoms with E-state index >= 15 is 0 Å². The van der Waals surface area contributed by atoms with Crippen LogP contribution in [0.1, 0.15) is 373 Å². The first-order valence-corrected chi connectivity index (χ1v) is 32.6. The molecular formula is C66H129NO3. The van der Waals surface area contributed by atoms with Crippen LogP contribution >= 0.6 is 0 Å². The molecule has 3 N–H and O–H groups in total. The van der Waals surface area contributed by atoms with E-state index in [1.165, 1.54) is 321 Å². The fourth-order valence-corrected chi connectivity index (χ4v) is 10.5. The molecule has 0 saturated heterocycles. The van der Waals surface area contributed by atoms with E-state index < -0.39 is 12.1 Å². The van der Waals surface area contributed by atoms with Crippen LogP contribution < -0.4 is 5.32 Å². The van der Waals surface area contributed by atoms with Crippen LogP contribution in [0.5, 0.6) is 0 Å². The molecule has 2 unspecified atom stereocenters. The number of allylic oxidation sites excluding steroid dienone is 3. The molecule has 0 heterocycles. The van der Waals surface area contributed by atoms with Crippen molar-refractivity contribution in [2.75, 3.05) is 6.61 Å². The summed E-state index contributed by atoms with van der Waals surface area (Å²) in [4.78, 5) is 12.5. The van der Waals surface area contributed by atoms with Gasteiger partial charge in [0.25, 0.3) is 0 Å². The number of carbonyl (C=O) groups excluding carboxylic acids is 1. The zero-order valence-corrected chi connectivity index (χ0v) is 48.1. The second-order valence-electron chi connectivity index (χ2n) is 22.5. The van der Waals surface area contributed by atoms with E-state index in [1.54, 1.807) is 6.08 Å². The Bertz CT molecular complexity index is 1020. The predicted molar refractivity (Wildman–Crippen MR) is 313 cm³/mol. The van der Waals surface area contributed by atoms with Crippen LogP contribution in [0, 0.1) is 0 Å². The van der Waals surface area contributed by atoms with Gasteiger partial charge in [-0.25, -0.2) is 0 Å². The summed E-state index contributed by atoms with van der Waals surface area (Å²) in [6.07, 6.45) is 83.9. The zero-order valence-electron chi connectivity index (χ0n) is 48.1. The molecule has 0 aliphatic heterocycles. The minimum Gasteiger partial charge on any atom is -0.394 e. The average molecular weight is 985 g/mol. The Morgan fingerprint density at radius 2 is 0.557 bits per heavy atom. The minimum atomic E-state index is -0.861. The molecule has 0 aliphatic carbocycles. The molecule has 0 aromatic carbocycles. The molecule has 2 atom stereocenters. The maximum Gasteiger partial charge on any atom is 0.220 e. The van der Waals surface area contributed by atoms with E-state index in [1.807, 2.05) is 6.08 Å². The van der Waals surface area contributed by atoms with Crippen molar-refractivity contribution in [2.45, 2.75) is 386 Å². The third-order valence-electron chi connectivity index (χ3n) is 15.4. The van der Waals surface area contributed by atoms with Crippen molar-refractivity contribution in [2.24, 2.45) is 0 Å². The van der Waals surface area contributed by atoms with E-state index in [0.29, 0.717) is 6.42 Å². The summed E-state index contributed by atoms with van der Waals surface area (Å²) in [6.45, 7) is 4.35. The summed E-state index contributed by atoms with van der Waals surface area (Å²) < 4.78 is 0. The first kappa shape index (κ1) is 68.9. The molecule has 0 radical (unpaired) electrons. The van der Waals surface area contributed by atoms with Crippen molar-refractivity contribution < 1.29 is 15.0 Å². The van der Waals surface area contributed by atoms with Crippen LogP contribution in [-0.4, -0.2) is 34.9 Å². The number of hydrogen-bond donors (Lipinski definition) is 3. The Labute approximate surface area is 440 Å². The van der Waals surface area contributed by atoms with E-state index in [9.17, 15) is 15.0 Å². The normalized spacial score (nSPS) is 12.8. The molecule has 4 nitrogen and oxygen atoms in total. The van der Waals surface area contributed by atoms with Crippen LogP contribution in [0.25, 0.3) is 0 Å². The van der Waals surface area contributed by atoms with E-state index in [4.69, 9.17) is 0 Å². The van der Waals surface area contributed by atoms with Crippen molar-refractivity contribution in [3.05, 3.63) is 24.3 Å². The third kappa shape index (κ3) is 57.8. The van der Waals surface area contributed by atoms with Gasteiger partial charge in [0.2, 0.25) is 5.91 Å². The SMILES string of the molecule is CCCCCCCCCCCCCCCCCCCCCCCCCCC/C=C/CC/C=C/C(O)C(CO)NC(=O)CCCCCCCCCCCCCCCCCCCCCCCCCCCCC. The molecule has 0 bridgehead atoms. The van der Waals surface area contributed by atoms with Crippen LogP contribution in [0.2, 0.25) is 0 Å². The Morgan fingerprint density at radius 3 is 0.829 bits per heavy atom. The number of hydrogen-bond acceptors (Lipinski definition) is 3. The smallest absolute Gasteiger partial charge is 0.220 e. The van der Waals surface area contributed by atoms with Gasteiger partial charge in [0.15, 0.2) is 0 Å². The molecule has 416 valence electrons. The first-order valence-electron chi connectivity index (χ1n) is 32.6. The van der Waals surface area contributed by atoms with Gasteiger partial charge in [-0.2, -0.15) is 0 Å². The van der Waals surface area contributed by atoms with E-state index in [-0.39, 0.29) is 12.5 Å². The lowest BCUT2D eigenvalue weighted by Crippen LogP contribution is -2.45. The largest absolute Gasteiger partial charge is 0.394 e. The molecular weight excluding hydrogens is 855 g/mol. The molecule has 0 fully saturated rings. The lowest BCUT2D eigenvalue weighted by atomic mass is 10.0. The predicted octanol–water partition coefficient (Wildman–Crippen LogP) is 21.8. The second-order valence-corrected chi connectivity index (χ2v) is 22.5. The van der Waals surface area contributed by atoms with Crippen molar-refractivity contribution in [3.63, 3.8) is 0 Å². The minimum absolute atomic E-state index is 0.0649. The number of aliphatic hydroxyl groups is 2.